The third kappa shape index (κ3) is 2.90. The van der Waals surface area contributed by atoms with Gasteiger partial charge in [-0.15, -0.1) is 0 Å². The van der Waals surface area contributed by atoms with Crippen LogP contribution in [0.4, 0.5) is 0 Å². The van der Waals surface area contributed by atoms with E-state index in [1.54, 1.807) is 10.7 Å². The van der Waals surface area contributed by atoms with Gasteiger partial charge in [-0.3, -0.25) is 0 Å². The molecule has 0 atom stereocenters. The van der Waals surface area contributed by atoms with Gasteiger partial charge in [0.2, 0.25) is 0 Å². The Balaban J connectivity index is 2.12. The predicted octanol–water partition coefficient (Wildman–Crippen LogP) is -1.16. The third-order valence-electron chi connectivity index (χ3n) is 3.06. The van der Waals surface area contributed by atoms with Crippen LogP contribution in [0, 0.1) is 6.92 Å². The lowest BCUT2D eigenvalue weighted by molar-refractivity contribution is 0.0413. The monoisotopic (exact) mass is 266 g/mol. The summed E-state index contributed by atoms with van der Waals surface area (Å²) in [6.07, 6.45) is 3.51. The fraction of sp³-hybridized carbons (Fsp3) is 0.500. The van der Waals surface area contributed by atoms with E-state index in [0.717, 1.165) is 16.9 Å². The highest BCUT2D eigenvalue weighted by Crippen LogP contribution is 2.07. The maximum Gasteiger partial charge on any atom is 0.155 e. The van der Waals surface area contributed by atoms with E-state index in [1.165, 1.54) is 0 Å². The summed E-state index contributed by atoms with van der Waals surface area (Å²) in [6.45, 7) is 1.20. The van der Waals surface area contributed by atoms with Crippen molar-refractivity contribution >= 4 is 5.65 Å². The topological polar surface area (TPSA) is 103 Å². The van der Waals surface area contributed by atoms with Gasteiger partial charge in [0.1, 0.15) is 0 Å². The molecule has 0 aromatic carbocycles. The molecular weight excluding hydrogens is 248 g/mol. The van der Waals surface area contributed by atoms with Crippen LogP contribution in [0.5, 0.6) is 0 Å². The lowest BCUT2D eigenvalue weighted by Crippen LogP contribution is -2.54. The molecule has 2 aromatic heterocycles. The highest BCUT2D eigenvalue weighted by atomic mass is 16.3. The van der Waals surface area contributed by atoms with Crippen molar-refractivity contribution in [2.75, 3.05) is 19.8 Å². The fourth-order valence-corrected chi connectivity index (χ4v) is 1.73. The maximum absolute atomic E-state index is 9.21. The van der Waals surface area contributed by atoms with E-state index in [-0.39, 0.29) is 19.8 Å². The van der Waals surface area contributed by atoms with E-state index in [1.807, 2.05) is 19.2 Å². The van der Waals surface area contributed by atoms with E-state index in [2.05, 4.69) is 15.4 Å². The molecule has 4 N–H and O–H groups in total. The van der Waals surface area contributed by atoms with Crippen LogP contribution >= 0.6 is 0 Å². The first-order valence-corrected chi connectivity index (χ1v) is 6.01. The third-order valence-corrected chi connectivity index (χ3v) is 3.06. The highest BCUT2D eigenvalue weighted by Gasteiger charge is 2.27. The van der Waals surface area contributed by atoms with Crippen molar-refractivity contribution in [3.05, 3.63) is 29.7 Å². The summed E-state index contributed by atoms with van der Waals surface area (Å²) in [5.41, 5.74) is 1.40. The number of aromatic nitrogens is 3. The molecule has 0 aliphatic carbocycles. The van der Waals surface area contributed by atoms with Gasteiger partial charge in [0.05, 0.1) is 31.1 Å². The van der Waals surface area contributed by atoms with Crippen LogP contribution in [0.25, 0.3) is 5.65 Å². The van der Waals surface area contributed by atoms with Crippen molar-refractivity contribution in [3.8, 4) is 0 Å². The molecule has 104 valence electrons. The van der Waals surface area contributed by atoms with Crippen molar-refractivity contribution in [2.24, 2.45) is 0 Å². The fourth-order valence-electron chi connectivity index (χ4n) is 1.73. The second-order valence-corrected chi connectivity index (χ2v) is 4.66. The Bertz CT molecular complexity index is 543. The van der Waals surface area contributed by atoms with Crippen LogP contribution in [0.15, 0.2) is 18.5 Å². The number of hydrogen-bond acceptors (Lipinski definition) is 6. The molecule has 7 nitrogen and oxygen atoms in total. The molecule has 0 aliphatic heterocycles. The Morgan fingerprint density at radius 1 is 1.26 bits per heavy atom. The molecule has 2 rings (SSSR count). The summed E-state index contributed by atoms with van der Waals surface area (Å²) in [7, 11) is 0. The second kappa shape index (κ2) is 5.62. The quantitative estimate of drug-likeness (QED) is 0.526. The van der Waals surface area contributed by atoms with Crippen LogP contribution in [-0.4, -0.2) is 55.3 Å². The van der Waals surface area contributed by atoms with Gasteiger partial charge in [-0.2, -0.15) is 5.10 Å². The van der Waals surface area contributed by atoms with Gasteiger partial charge in [0.25, 0.3) is 0 Å². The molecule has 0 amide bonds. The molecule has 0 unspecified atom stereocenters. The van der Waals surface area contributed by atoms with Crippen molar-refractivity contribution in [1.82, 2.24) is 19.9 Å². The summed E-state index contributed by atoms with van der Waals surface area (Å²) < 4.78 is 1.67. The first-order chi connectivity index (χ1) is 9.12. The number of aliphatic hydroxyl groups is 3. The summed E-state index contributed by atoms with van der Waals surface area (Å²) in [5, 5.41) is 34.8. The van der Waals surface area contributed by atoms with Crippen molar-refractivity contribution in [3.63, 3.8) is 0 Å². The van der Waals surface area contributed by atoms with Gasteiger partial charge < -0.3 is 20.6 Å². The van der Waals surface area contributed by atoms with Crippen LogP contribution in [0.2, 0.25) is 0 Å². The Kier molecular flexibility index (Phi) is 4.11. The zero-order chi connectivity index (χ0) is 13.9. The lowest BCUT2D eigenvalue weighted by atomic mass is 10.0. The molecular formula is C12H18N4O3. The number of fused-ring (bicyclic) bond motifs is 1. The van der Waals surface area contributed by atoms with Crippen LogP contribution < -0.4 is 5.32 Å². The number of nitrogens with one attached hydrogen (secondary N) is 1. The molecule has 0 saturated carbocycles. The molecule has 7 heteroatoms. The molecule has 0 radical (unpaired) electrons. The van der Waals surface area contributed by atoms with Gasteiger partial charge in [0.15, 0.2) is 5.65 Å². The number of rotatable bonds is 6. The van der Waals surface area contributed by atoms with E-state index in [4.69, 9.17) is 0 Å². The van der Waals surface area contributed by atoms with E-state index >= 15 is 0 Å². The average Bonchev–Trinajstić information content (AvgIpc) is 2.80. The second-order valence-electron chi connectivity index (χ2n) is 4.66. The standard InChI is InChI=1S/C12H18N4O3/c1-9-2-11-13-3-10(5-16(11)15-9)4-14-12(6-17,7-18)8-19/h2-3,5,14,17-19H,4,6-8H2,1H3. The number of nitrogens with zero attached hydrogens (tertiary/aromatic N) is 3. The van der Waals surface area contributed by atoms with Crippen LogP contribution in [0.1, 0.15) is 11.3 Å². The minimum absolute atomic E-state index is 0.351. The first-order valence-electron chi connectivity index (χ1n) is 6.01. The molecule has 19 heavy (non-hydrogen) atoms. The molecule has 0 aliphatic rings. The van der Waals surface area contributed by atoms with E-state index in [0.29, 0.717) is 6.54 Å². The van der Waals surface area contributed by atoms with Gasteiger partial charge in [0, 0.05) is 30.6 Å². The van der Waals surface area contributed by atoms with E-state index in [9.17, 15) is 15.3 Å². The lowest BCUT2D eigenvalue weighted by Gasteiger charge is -2.28. The minimum atomic E-state index is -1.09. The molecule has 0 saturated heterocycles. The van der Waals surface area contributed by atoms with Gasteiger partial charge in [-0.25, -0.2) is 9.50 Å². The number of aliphatic hydroxyl groups excluding tert-OH is 3. The summed E-state index contributed by atoms with van der Waals surface area (Å²) in [5.74, 6) is 0. The number of aryl methyl sites for hydroxylation is 1. The SMILES string of the molecule is Cc1cc2ncc(CNC(CO)(CO)CO)cn2n1. The smallest absolute Gasteiger partial charge is 0.155 e. The summed E-state index contributed by atoms with van der Waals surface area (Å²) in [4.78, 5) is 4.25. The molecule has 2 aromatic rings. The zero-order valence-electron chi connectivity index (χ0n) is 10.7. The van der Waals surface area contributed by atoms with Crippen molar-refractivity contribution < 1.29 is 15.3 Å². The largest absolute Gasteiger partial charge is 0.394 e. The Morgan fingerprint density at radius 2 is 1.95 bits per heavy atom. The normalized spacial score (nSPS) is 12.2. The zero-order valence-corrected chi connectivity index (χ0v) is 10.7. The molecule has 0 spiro atoms. The Hall–Kier alpha value is -1.54. The Morgan fingerprint density at radius 3 is 2.58 bits per heavy atom. The summed E-state index contributed by atoms with van der Waals surface area (Å²) >= 11 is 0. The van der Waals surface area contributed by atoms with Crippen molar-refractivity contribution in [2.45, 2.75) is 19.0 Å². The minimum Gasteiger partial charge on any atom is -0.394 e. The average molecular weight is 266 g/mol. The van der Waals surface area contributed by atoms with Gasteiger partial charge in [-0.05, 0) is 6.92 Å². The highest BCUT2D eigenvalue weighted by molar-refractivity contribution is 5.38. The van der Waals surface area contributed by atoms with Crippen LogP contribution in [-0.2, 0) is 6.54 Å². The predicted molar refractivity (Wildman–Crippen MR) is 68.6 cm³/mol. The number of hydrogen-bond donors (Lipinski definition) is 4. The summed E-state index contributed by atoms with van der Waals surface area (Å²) in [6, 6.07) is 1.87. The van der Waals surface area contributed by atoms with Crippen molar-refractivity contribution in [1.29, 1.82) is 0 Å². The molecule has 2 heterocycles. The first kappa shape index (κ1) is 13.9. The van der Waals surface area contributed by atoms with E-state index < -0.39 is 5.54 Å². The van der Waals surface area contributed by atoms with Gasteiger partial charge >= 0.3 is 0 Å². The molecule has 0 bridgehead atoms. The maximum atomic E-state index is 9.21. The molecule has 0 fully saturated rings. The Labute approximate surface area is 110 Å². The van der Waals surface area contributed by atoms with Gasteiger partial charge in [-0.1, -0.05) is 0 Å². The van der Waals surface area contributed by atoms with Crippen LogP contribution in [0.3, 0.4) is 0 Å².